The standard InChI is InChI=1S/C16H11N5O3/c1-17-10-3-5-12(18-8-10)14-7-13(16(22)23)20-21(14)11-4-6-15(24-2)19-9-11/h3-9H,2H3,(H,22,23). The Labute approximate surface area is 136 Å². The molecule has 0 amide bonds. The van der Waals surface area contributed by atoms with E-state index in [0.717, 1.165) is 0 Å². The first-order valence-electron chi connectivity index (χ1n) is 6.80. The van der Waals surface area contributed by atoms with Crippen molar-refractivity contribution in [3.8, 4) is 23.0 Å². The van der Waals surface area contributed by atoms with E-state index in [1.165, 1.54) is 30.3 Å². The van der Waals surface area contributed by atoms with Gasteiger partial charge in [-0.1, -0.05) is 6.07 Å². The number of methoxy groups -OCH3 is 1. The zero-order valence-corrected chi connectivity index (χ0v) is 12.5. The van der Waals surface area contributed by atoms with Crippen LogP contribution in [0, 0.1) is 6.57 Å². The van der Waals surface area contributed by atoms with Crippen LogP contribution in [0.15, 0.2) is 42.7 Å². The zero-order valence-electron chi connectivity index (χ0n) is 12.5. The normalized spacial score (nSPS) is 10.2. The number of nitrogens with zero attached hydrogens (tertiary/aromatic N) is 5. The lowest BCUT2D eigenvalue weighted by Crippen LogP contribution is -2.03. The van der Waals surface area contributed by atoms with Crippen molar-refractivity contribution in [2.75, 3.05) is 7.11 Å². The summed E-state index contributed by atoms with van der Waals surface area (Å²) in [5, 5.41) is 13.3. The van der Waals surface area contributed by atoms with E-state index in [4.69, 9.17) is 11.3 Å². The molecule has 0 saturated heterocycles. The SMILES string of the molecule is [C-]#[N+]c1ccc(-c2cc(C(=O)O)nn2-c2ccc(OC)nc2)nc1. The quantitative estimate of drug-likeness (QED) is 0.742. The number of pyridine rings is 2. The van der Waals surface area contributed by atoms with Gasteiger partial charge in [0, 0.05) is 18.3 Å². The maximum atomic E-state index is 11.3. The average molecular weight is 321 g/mol. The Morgan fingerprint density at radius 3 is 2.62 bits per heavy atom. The Hall–Kier alpha value is -3.73. The van der Waals surface area contributed by atoms with Crippen molar-refractivity contribution in [1.29, 1.82) is 0 Å². The highest BCUT2D eigenvalue weighted by atomic mass is 16.5. The maximum Gasteiger partial charge on any atom is 0.356 e. The van der Waals surface area contributed by atoms with E-state index in [-0.39, 0.29) is 5.69 Å². The molecule has 0 aliphatic rings. The lowest BCUT2D eigenvalue weighted by Gasteiger charge is -2.07. The van der Waals surface area contributed by atoms with Crippen molar-refractivity contribution in [3.05, 3.63) is 59.8 Å². The predicted octanol–water partition coefficient (Wildman–Crippen LogP) is 2.59. The molecule has 0 bridgehead atoms. The number of carboxylic acids is 1. The number of hydrogen-bond donors (Lipinski definition) is 1. The van der Waals surface area contributed by atoms with E-state index >= 15 is 0 Å². The smallest absolute Gasteiger partial charge is 0.356 e. The van der Waals surface area contributed by atoms with Crippen LogP contribution in [0.2, 0.25) is 0 Å². The van der Waals surface area contributed by atoms with Gasteiger partial charge in [0.15, 0.2) is 5.69 Å². The third-order valence-corrected chi connectivity index (χ3v) is 3.24. The summed E-state index contributed by atoms with van der Waals surface area (Å²) in [7, 11) is 1.51. The molecule has 0 saturated carbocycles. The third-order valence-electron chi connectivity index (χ3n) is 3.24. The van der Waals surface area contributed by atoms with Crippen molar-refractivity contribution < 1.29 is 14.6 Å². The summed E-state index contributed by atoms with van der Waals surface area (Å²) in [5.74, 6) is -0.709. The lowest BCUT2D eigenvalue weighted by atomic mass is 10.2. The van der Waals surface area contributed by atoms with E-state index in [1.807, 2.05) is 0 Å². The van der Waals surface area contributed by atoms with Crippen LogP contribution in [0.5, 0.6) is 5.88 Å². The van der Waals surface area contributed by atoms with E-state index in [1.54, 1.807) is 24.3 Å². The summed E-state index contributed by atoms with van der Waals surface area (Å²) >= 11 is 0. The van der Waals surface area contributed by atoms with Crippen LogP contribution in [0.4, 0.5) is 5.69 Å². The largest absolute Gasteiger partial charge is 0.481 e. The van der Waals surface area contributed by atoms with Crippen molar-refractivity contribution >= 4 is 11.7 Å². The van der Waals surface area contributed by atoms with Gasteiger partial charge in [0.25, 0.3) is 0 Å². The van der Waals surface area contributed by atoms with E-state index in [9.17, 15) is 9.90 Å². The molecule has 24 heavy (non-hydrogen) atoms. The first-order chi connectivity index (χ1) is 11.6. The summed E-state index contributed by atoms with van der Waals surface area (Å²) in [6.45, 7) is 6.96. The zero-order chi connectivity index (χ0) is 17.1. The fourth-order valence-corrected chi connectivity index (χ4v) is 2.09. The lowest BCUT2D eigenvalue weighted by molar-refractivity contribution is 0.0690. The fourth-order valence-electron chi connectivity index (χ4n) is 2.09. The van der Waals surface area contributed by atoms with Crippen LogP contribution in [0.25, 0.3) is 21.9 Å². The Bertz CT molecular complexity index is 924. The predicted molar refractivity (Wildman–Crippen MR) is 84.4 cm³/mol. The fraction of sp³-hybridized carbons (Fsp3) is 0.0625. The number of aromatic carboxylic acids is 1. The van der Waals surface area contributed by atoms with Crippen molar-refractivity contribution in [3.63, 3.8) is 0 Å². The monoisotopic (exact) mass is 321 g/mol. The van der Waals surface area contributed by atoms with E-state index in [2.05, 4.69) is 19.9 Å². The third kappa shape index (κ3) is 2.78. The summed E-state index contributed by atoms with van der Waals surface area (Å²) in [4.78, 5) is 22.8. The van der Waals surface area contributed by atoms with Crippen LogP contribution in [0.3, 0.4) is 0 Å². The molecule has 0 aliphatic carbocycles. The van der Waals surface area contributed by atoms with Gasteiger partial charge < -0.3 is 9.84 Å². The summed E-state index contributed by atoms with van der Waals surface area (Å²) < 4.78 is 6.45. The molecular weight excluding hydrogens is 310 g/mol. The van der Waals surface area contributed by atoms with Crippen molar-refractivity contribution in [2.45, 2.75) is 0 Å². The number of aromatic nitrogens is 4. The molecule has 3 heterocycles. The van der Waals surface area contributed by atoms with Crippen LogP contribution in [-0.4, -0.2) is 37.9 Å². The van der Waals surface area contributed by atoms with Crippen LogP contribution in [0.1, 0.15) is 10.5 Å². The molecule has 0 fully saturated rings. The summed E-state index contributed by atoms with van der Waals surface area (Å²) in [6.07, 6.45) is 2.95. The Balaban J connectivity index is 2.13. The number of carboxylic acid groups (broad SMARTS) is 1. The molecule has 8 nitrogen and oxygen atoms in total. The number of rotatable bonds is 4. The Morgan fingerprint density at radius 1 is 1.25 bits per heavy atom. The van der Waals surface area contributed by atoms with Gasteiger partial charge in [0.1, 0.15) is 0 Å². The molecule has 0 spiro atoms. The van der Waals surface area contributed by atoms with Gasteiger partial charge in [0.05, 0.1) is 37.0 Å². The molecule has 3 aromatic rings. The van der Waals surface area contributed by atoms with Gasteiger partial charge in [-0.25, -0.2) is 19.3 Å². The molecule has 3 aromatic heterocycles. The van der Waals surface area contributed by atoms with Crippen molar-refractivity contribution in [1.82, 2.24) is 19.7 Å². The van der Waals surface area contributed by atoms with Gasteiger partial charge in [-0.05, 0) is 12.1 Å². The van der Waals surface area contributed by atoms with Crippen molar-refractivity contribution in [2.24, 2.45) is 0 Å². The summed E-state index contributed by atoms with van der Waals surface area (Å²) in [6, 6.07) is 8.04. The second kappa shape index (κ2) is 6.18. The van der Waals surface area contributed by atoms with Gasteiger partial charge in [0.2, 0.25) is 11.6 Å². The minimum atomic E-state index is -1.14. The number of carbonyl (C=O) groups is 1. The van der Waals surface area contributed by atoms with Crippen LogP contribution in [-0.2, 0) is 0 Å². The van der Waals surface area contributed by atoms with Gasteiger partial charge in [-0.15, -0.1) is 0 Å². The minimum absolute atomic E-state index is 0.114. The first kappa shape index (κ1) is 15.2. The second-order valence-electron chi connectivity index (χ2n) is 4.70. The maximum absolute atomic E-state index is 11.3. The number of hydrogen-bond acceptors (Lipinski definition) is 5. The molecule has 0 aliphatic heterocycles. The van der Waals surface area contributed by atoms with Gasteiger partial charge in [-0.3, -0.25) is 4.98 Å². The highest BCUT2D eigenvalue weighted by Crippen LogP contribution is 2.24. The van der Waals surface area contributed by atoms with Gasteiger partial charge >= 0.3 is 5.97 Å². The minimum Gasteiger partial charge on any atom is -0.481 e. The molecule has 3 rings (SSSR count). The molecule has 0 unspecified atom stereocenters. The molecule has 118 valence electrons. The topological polar surface area (TPSA) is 94.5 Å². The van der Waals surface area contributed by atoms with E-state index in [0.29, 0.717) is 28.6 Å². The molecular formula is C16H11N5O3. The van der Waals surface area contributed by atoms with Crippen LogP contribution >= 0.6 is 0 Å². The number of ether oxygens (including phenoxy) is 1. The average Bonchev–Trinajstić information content (AvgIpc) is 3.07. The molecule has 8 heteroatoms. The summed E-state index contributed by atoms with van der Waals surface area (Å²) in [5.41, 5.74) is 1.83. The molecule has 1 N–H and O–H groups in total. The second-order valence-corrected chi connectivity index (χ2v) is 4.70. The molecule has 0 aromatic carbocycles. The van der Waals surface area contributed by atoms with Crippen LogP contribution < -0.4 is 4.74 Å². The molecule has 0 atom stereocenters. The van der Waals surface area contributed by atoms with Gasteiger partial charge in [-0.2, -0.15) is 5.10 Å². The Morgan fingerprint density at radius 2 is 2.08 bits per heavy atom. The molecule has 0 radical (unpaired) electrons. The highest BCUT2D eigenvalue weighted by molar-refractivity contribution is 5.87. The first-order valence-corrected chi connectivity index (χ1v) is 6.80. The Kier molecular flexibility index (Phi) is 3.91. The van der Waals surface area contributed by atoms with E-state index < -0.39 is 5.97 Å². The highest BCUT2D eigenvalue weighted by Gasteiger charge is 2.17.